The van der Waals surface area contributed by atoms with E-state index in [1.807, 2.05) is 18.2 Å². The fourth-order valence-corrected chi connectivity index (χ4v) is 1.41. The van der Waals surface area contributed by atoms with Crippen LogP contribution in [0.2, 0.25) is 0 Å². The maximum Gasteiger partial charge on any atom is 0.134 e. The Kier molecular flexibility index (Phi) is 2.17. The van der Waals surface area contributed by atoms with Crippen molar-refractivity contribution in [3.05, 3.63) is 42.2 Å². The summed E-state index contributed by atoms with van der Waals surface area (Å²) in [6, 6.07) is 8.11. The number of hydrogen-bond donors (Lipinski definition) is 0. The van der Waals surface area contributed by atoms with Crippen molar-refractivity contribution in [2.75, 3.05) is 0 Å². The lowest BCUT2D eigenvalue weighted by Crippen LogP contribution is -1.72. The van der Waals surface area contributed by atoms with E-state index in [0.29, 0.717) is 0 Å². The van der Waals surface area contributed by atoms with Crippen LogP contribution < -0.4 is 0 Å². The number of hydrogen-bond acceptors (Lipinski definition) is 1. The van der Waals surface area contributed by atoms with Gasteiger partial charge in [0.25, 0.3) is 0 Å². The largest absolute Gasteiger partial charge is 0.464 e. The van der Waals surface area contributed by atoms with Crippen molar-refractivity contribution in [1.29, 1.82) is 0 Å². The highest BCUT2D eigenvalue weighted by molar-refractivity contribution is 5.86. The molecule has 2 aromatic rings. The van der Waals surface area contributed by atoms with Crippen molar-refractivity contribution in [1.82, 2.24) is 0 Å². The minimum absolute atomic E-state index is 0.957. The minimum Gasteiger partial charge on any atom is -0.464 e. The van der Waals surface area contributed by atoms with Gasteiger partial charge in [-0.05, 0) is 24.1 Å². The van der Waals surface area contributed by atoms with Crippen LogP contribution in [0.4, 0.5) is 0 Å². The van der Waals surface area contributed by atoms with Gasteiger partial charge < -0.3 is 4.42 Å². The predicted molar refractivity (Wildman–Crippen MR) is 55.5 cm³/mol. The van der Waals surface area contributed by atoms with Gasteiger partial charge in [-0.15, -0.1) is 0 Å². The van der Waals surface area contributed by atoms with Gasteiger partial charge in [0.05, 0.1) is 6.26 Å². The second kappa shape index (κ2) is 3.48. The molecular weight excluding hydrogens is 160 g/mol. The minimum atomic E-state index is 0.957. The van der Waals surface area contributed by atoms with Crippen LogP contribution in [0.1, 0.15) is 18.9 Å². The van der Waals surface area contributed by atoms with Crippen LogP contribution in [0.3, 0.4) is 0 Å². The van der Waals surface area contributed by atoms with Crippen LogP contribution in [0.15, 0.2) is 41.0 Å². The molecule has 66 valence electrons. The Morgan fingerprint density at radius 1 is 1.31 bits per heavy atom. The molecule has 0 amide bonds. The summed E-state index contributed by atoms with van der Waals surface area (Å²) in [4.78, 5) is 0. The first-order chi connectivity index (χ1) is 6.42. The molecule has 0 saturated carbocycles. The van der Waals surface area contributed by atoms with Gasteiger partial charge in [-0.2, -0.15) is 0 Å². The summed E-state index contributed by atoms with van der Waals surface area (Å²) in [5, 5.41) is 1.19. The molecule has 0 N–H and O–H groups in total. The van der Waals surface area contributed by atoms with E-state index in [1.165, 1.54) is 10.9 Å². The van der Waals surface area contributed by atoms with E-state index in [4.69, 9.17) is 4.42 Å². The summed E-state index contributed by atoms with van der Waals surface area (Å²) in [5.74, 6) is 0. The average molecular weight is 172 g/mol. The fourth-order valence-electron chi connectivity index (χ4n) is 1.41. The molecule has 0 bridgehead atoms. The van der Waals surface area contributed by atoms with Crippen LogP contribution in [0.5, 0.6) is 0 Å². The second-order valence-electron chi connectivity index (χ2n) is 2.99. The first-order valence-electron chi connectivity index (χ1n) is 4.54. The van der Waals surface area contributed by atoms with E-state index < -0.39 is 0 Å². The van der Waals surface area contributed by atoms with Crippen LogP contribution in [0.25, 0.3) is 17.0 Å². The average Bonchev–Trinajstić information content (AvgIpc) is 2.62. The molecule has 0 radical (unpaired) electrons. The van der Waals surface area contributed by atoms with Crippen molar-refractivity contribution in [3.8, 4) is 0 Å². The molecule has 13 heavy (non-hydrogen) atoms. The van der Waals surface area contributed by atoms with Gasteiger partial charge in [0.15, 0.2) is 0 Å². The molecule has 1 nitrogen and oxygen atoms in total. The molecule has 0 saturated heterocycles. The summed E-state index contributed by atoms with van der Waals surface area (Å²) in [6.07, 6.45) is 7.09. The number of rotatable bonds is 2. The van der Waals surface area contributed by atoms with E-state index in [1.54, 1.807) is 6.26 Å². The Morgan fingerprint density at radius 2 is 2.23 bits per heavy atom. The van der Waals surface area contributed by atoms with Gasteiger partial charge in [0.2, 0.25) is 0 Å². The Labute approximate surface area is 77.7 Å². The summed E-state index contributed by atoms with van der Waals surface area (Å²) >= 11 is 0. The van der Waals surface area contributed by atoms with E-state index in [-0.39, 0.29) is 0 Å². The lowest BCUT2D eigenvalue weighted by Gasteiger charge is -1.94. The third-order valence-corrected chi connectivity index (χ3v) is 2.06. The zero-order valence-corrected chi connectivity index (χ0v) is 7.66. The van der Waals surface area contributed by atoms with Crippen LogP contribution in [0, 0.1) is 0 Å². The molecule has 2 rings (SSSR count). The molecule has 0 atom stereocenters. The second-order valence-corrected chi connectivity index (χ2v) is 2.99. The number of fused-ring (bicyclic) bond motifs is 1. The standard InChI is InChI=1S/C12H12O/c1-2-3-5-10-6-4-7-12-11(10)8-9-13-12/h3-9H,2H2,1H3. The first-order valence-corrected chi connectivity index (χ1v) is 4.54. The van der Waals surface area contributed by atoms with E-state index >= 15 is 0 Å². The van der Waals surface area contributed by atoms with Gasteiger partial charge in [-0.25, -0.2) is 0 Å². The summed E-state index contributed by atoms with van der Waals surface area (Å²) in [6.45, 7) is 2.13. The summed E-state index contributed by atoms with van der Waals surface area (Å²) in [5.41, 5.74) is 2.19. The first kappa shape index (κ1) is 8.11. The van der Waals surface area contributed by atoms with E-state index in [2.05, 4.69) is 25.1 Å². The lowest BCUT2D eigenvalue weighted by molar-refractivity contribution is 0.616. The smallest absolute Gasteiger partial charge is 0.134 e. The molecule has 0 fully saturated rings. The van der Waals surface area contributed by atoms with Crippen molar-refractivity contribution in [3.63, 3.8) is 0 Å². The topological polar surface area (TPSA) is 13.1 Å². The van der Waals surface area contributed by atoms with Crippen LogP contribution in [-0.4, -0.2) is 0 Å². The molecule has 0 unspecified atom stereocenters. The third kappa shape index (κ3) is 1.50. The molecule has 0 aliphatic rings. The Balaban J connectivity index is 2.54. The molecule has 1 aromatic heterocycles. The number of allylic oxidation sites excluding steroid dienone is 1. The number of furan rings is 1. The Hall–Kier alpha value is -1.50. The molecule has 1 heteroatoms. The highest BCUT2D eigenvalue weighted by atomic mass is 16.3. The van der Waals surface area contributed by atoms with Gasteiger partial charge in [-0.3, -0.25) is 0 Å². The molecule has 1 aromatic carbocycles. The maximum absolute atomic E-state index is 5.30. The van der Waals surface area contributed by atoms with Crippen LogP contribution >= 0.6 is 0 Å². The summed E-state index contributed by atoms with van der Waals surface area (Å²) < 4.78 is 5.30. The number of benzene rings is 1. The molecule has 0 spiro atoms. The SMILES string of the molecule is CCC=Cc1cccc2occc12. The molecule has 1 heterocycles. The summed E-state index contributed by atoms with van der Waals surface area (Å²) in [7, 11) is 0. The Bertz CT molecular complexity index is 423. The van der Waals surface area contributed by atoms with Crippen molar-refractivity contribution >= 4 is 17.0 Å². The third-order valence-electron chi connectivity index (χ3n) is 2.06. The fraction of sp³-hybridized carbons (Fsp3) is 0.167. The van der Waals surface area contributed by atoms with Gasteiger partial charge in [-0.1, -0.05) is 31.2 Å². The van der Waals surface area contributed by atoms with Crippen molar-refractivity contribution in [2.45, 2.75) is 13.3 Å². The van der Waals surface area contributed by atoms with E-state index in [0.717, 1.165) is 12.0 Å². The van der Waals surface area contributed by atoms with Gasteiger partial charge in [0, 0.05) is 5.39 Å². The quantitative estimate of drug-likeness (QED) is 0.670. The van der Waals surface area contributed by atoms with Crippen molar-refractivity contribution in [2.24, 2.45) is 0 Å². The molecule has 0 aliphatic carbocycles. The Morgan fingerprint density at radius 3 is 3.08 bits per heavy atom. The van der Waals surface area contributed by atoms with Gasteiger partial charge >= 0.3 is 0 Å². The normalized spacial score (nSPS) is 11.5. The van der Waals surface area contributed by atoms with Crippen molar-refractivity contribution < 1.29 is 4.42 Å². The zero-order valence-electron chi connectivity index (χ0n) is 7.66. The van der Waals surface area contributed by atoms with Gasteiger partial charge in [0.1, 0.15) is 5.58 Å². The molecular formula is C12H12O. The maximum atomic E-state index is 5.30. The van der Waals surface area contributed by atoms with E-state index in [9.17, 15) is 0 Å². The zero-order chi connectivity index (χ0) is 9.10. The van der Waals surface area contributed by atoms with Crippen LogP contribution in [-0.2, 0) is 0 Å². The lowest BCUT2D eigenvalue weighted by atomic mass is 10.1. The predicted octanol–water partition coefficient (Wildman–Crippen LogP) is 3.86. The monoisotopic (exact) mass is 172 g/mol. The highest BCUT2D eigenvalue weighted by Gasteiger charge is 1.98. The highest BCUT2D eigenvalue weighted by Crippen LogP contribution is 2.20. The molecule has 0 aliphatic heterocycles.